The Bertz CT molecular complexity index is 848. The lowest BCUT2D eigenvalue weighted by molar-refractivity contribution is 0.399. The number of hydrogen-bond acceptors (Lipinski definition) is 4. The molecule has 3 heterocycles. The Kier molecular flexibility index (Phi) is 2.93. The zero-order chi connectivity index (χ0) is 14.3. The van der Waals surface area contributed by atoms with Crippen molar-refractivity contribution in [2.24, 2.45) is 0 Å². The van der Waals surface area contributed by atoms with Gasteiger partial charge in [0.1, 0.15) is 11.3 Å². The van der Waals surface area contributed by atoms with Gasteiger partial charge in [-0.2, -0.15) is 4.98 Å². The molecule has 0 unspecified atom stereocenters. The summed E-state index contributed by atoms with van der Waals surface area (Å²) in [5.41, 5.74) is 2.49. The quantitative estimate of drug-likeness (QED) is 0.789. The average Bonchev–Trinajstić information content (AvgIpc) is 2.77. The van der Waals surface area contributed by atoms with Gasteiger partial charge in [-0.15, -0.1) is 0 Å². The molecule has 0 aliphatic carbocycles. The van der Waals surface area contributed by atoms with Crippen molar-refractivity contribution >= 4 is 16.7 Å². The van der Waals surface area contributed by atoms with E-state index in [2.05, 4.69) is 21.9 Å². The molecule has 0 spiro atoms. The van der Waals surface area contributed by atoms with Crippen molar-refractivity contribution in [1.29, 1.82) is 0 Å². The molecule has 3 aromatic rings. The number of aryl methyl sites for hydroxylation is 2. The van der Waals surface area contributed by atoms with Gasteiger partial charge in [0.15, 0.2) is 5.65 Å². The predicted molar refractivity (Wildman–Crippen MR) is 76.4 cm³/mol. The Morgan fingerprint density at radius 3 is 2.85 bits per heavy atom. The topological polar surface area (TPSA) is 72.3 Å². The van der Waals surface area contributed by atoms with E-state index in [-0.39, 0.29) is 5.56 Å². The maximum atomic E-state index is 12.2. The molecular weight excluding hydrogens is 256 g/mol. The van der Waals surface area contributed by atoms with Crippen LogP contribution in [0.2, 0.25) is 0 Å². The van der Waals surface area contributed by atoms with Crippen LogP contribution in [-0.4, -0.2) is 26.5 Å². The zero-order valence-electron chi connectivity index (χ0n) is 11.7. The van der Waals surface area contributed by atoms with Crippen LogP contribution in [0.1, 0.15) is 24.9 Å². The van der Waals surface area contributed by atoms with Gasteiger partial charge in [-0.05, 0) is 19.4 Å². The summed E-state index contributed by atoms with van der Waals surface area (Å²) < 4.78 is 7.01. The fourth-order valence-corrected chi connectivity index (χ4v) is 2.47. The normalized spacial score (nSPS) is 11.3. The predicted octanol–water partition coefficient (Wildman–Crippen LogP) is 1.84. The minimum Gasteiger partial charge on any atom is -0.481 e. The van der Waals surface area contributed by atoms with Crippen LogP contribution in [0, 0.1) is 6.92 Å². The van der Waals surface area contributed by atoms with Crippen LogP contribution in [0.3, 0.4) is 0 Å². The molecule has 0 bridgehead atoms. The number of hydrogen-bond donors (Lipinski definition) is 1. The summed E-state index contributed by atoms with van der Waals surface area (Å²) >= 11 is 0. The summed E-state index contributed by atoms with van der Waals surface area (Å²) in [5.74, 6) is 1.37. The molecule has 1 N–H and O–H groups in total. The molecule has 0 amide bonds. The van der Waals surface area contributed by atoms with Gasteiger partial charge in [-0.3, -0.25) is 9.20 Å². The van der Waals surface area contributed by atoms with E-state index in [0.29, 0.717) is 22.6 Å². The van der Waals surface area contributed by atoms with Crippen molar-refractivity contribution in [3.8, 4) is 5.88 Å². The molecule has 3 rings (SSSR count). The number of rotatable bonds is 3. The van der Waals surface area contributed by atoms with Crippen molar-refractivity contribution in [3.63, 3.8) is 0 Å². The number of aromatic nitrogens is 4. The van der Waals surface area contributed by atoms with Gasteiger partial charge in [0.25, 0.3) is 5.56 Å². The Labute approximate surface area is 115 Å². The lowest BCUT2D eigenvalue weighted by Crippen LogP contribution is -2.13. The van der Waals surface area contributed by atoms with Crippen LogP contribution >= 0.6 is 0 Å². The maximum absolute atomic E-state index is 12.2. The van der Waals surface area contributed by atoms with E-state index in [0.717, 1.165) is 24.4 Å². The summed E-state index contributed by atoms with van der Waals surface area (Å²) in [5, 5.41) is 0. The minimum atomic E-state index is -0.142. The third kappa shape index (κ3) is 1.76. The smallest absolute Gasteiger partial charge is 0.274 e. The lowest BCUT2D eigenvalue weighted by Gasteiger charge is -2.06. The highest BCUT2D eigenvalue weighted by molar-refractivity contribution is 5.75. The van der Waals surface area contributed by atoms with Crippen LogP contribution in [0.15, 0.2) is 16.9 Å². The van der Waals surface area contributed by atoms with Crippen LogP contribution in [0.25, 0.3) is 16.7 Å². The first-order valence-electron chi connectivity index (χ1n) is 6.60. The number of H-pyrrole nitrogens is 1. The first-order valence-corrected chi connectivity index (χ1v) is 6.60. The second-order valence-corrected chi connectivity index (χ2v) is 4.73. The second kappa shape index (κ2) is 4.63. The standard InChI is InChI=1S/C14H16N4O2/c1-4-5-10-15-8(2)12-14(19)16-9-6-7-11(20-3)17-13(9)18(10)12/h6-7H,4-5H2,1-3H3,(H,16,19). The summed E-state index contributed by atoms with van der Waals surface area (Å²) in [6.07, 6.45) is 1.75. The van der Waals surface area contributed by atoms with Gasteiger partial charge in [-0.1, -0.05) is 6.92 Å². The fourth-order valence-electron chi connectivity index (χ4n) is 2.47. The van der Waals surface area contributed by atoms with Crippen molar-refractivity contribution < 1.29 is 4.74 Å². The van der Waals surface area contributed by atoms with Crippen LogP contribution in [-0.2, 0) is 6.42 Å². The third-order valence-electron chi connectivity index (χ3n) is 3.33. The fraction of sp³-hybridized carbons (Fsp3) is 0.357. The Morgan fingerprint density at radius 2 is 2.15 bits per heavy atom. The number of fused-ring (bicyclic) bond motifs is 3. The van der Waals surface area contributed by atoms with E-state index in [1.54, 1.807) is 19.2 Å². The van der Waals surface area contributed by atoms with E-state index in [4.69, 9.17) is 4.74 Å². The molecular formula is C14H16N4O2. The lowest BCUT2D eigenvalue weighted by atomic mass is 10.3. The molecule has 6 nitrogen and oxygen atoms in total. The largest absolute Gasteiger partial charge is 0.481 e. The number of imidazole rings is 1. The summed E-state index contributed by atoms with van der Waals surface area (Å²) in [4.78, 5) is 24.0. The molecule has 0 saturated carbocycles. The maximum Gasteiger partial charge on any atom is 0.274 e. The van der Waals surface area contributed by atoms with Crippen LogP contribution in [0.4, 0.5) is 0 Å². The van der Waals surface area contributed by atoms with Crippen LogP contribution < -0.4 is 10.3 Å². The molecule has 3 aromatic heterocycles. The van der Waals surface area contributed by atoms with E-state index >= 15 is 0 Å². The molecule has 0 saturated heterocycles. The SMILES string of the molecule is CCCc1nc(C)c2c(=O)[nH]c3ccc(OC)nc3n12. The highest BCUT2D eigenvalue weighted by atomic mass is 16.5. The Hall–Kier alpha value is -2.37. The van der Waals surface area contributed by atoms with Gasteiger partial charge >= 0.3 is 0 Å². The average molecular weight is 272 g/mol. The van der Waals surface area contributed by atoms with E-state index in [1.165, 1.54) is 0 Å². The molecule has 0 aromatic carbocycles. The minimum absolute atomic E-state index is 0.142. The van der Waals surface area contributed by atoms with Crippen molar-refractivity contribution in [2.75, 3.05) is 7.11 Å². The summed E-state index contributed by atoms with van der Waals surface area (Å²) in [6.45, 7) is 3.93. The molecule has 0 aliphatic heterocycles. The number of nitrogens with zero attached hydrogens (tertiary/aromatic N) is 3. The number of nitrogens with one attached hydrogen (secondary N) is 1. The van der Waals surface area contributed by atoms with E-state index in [1.807, 2.05) is 11.3 Å². The molecule has 0 radical (unpaired) electrons. The van der Waals surface area contributed by atoms with Crippen molar-refractivity contribution in [2.45, 2.75) is 26.7 Å². The van der Waals surface area contributed by atoms with Gasteiger partial charge in [0.2, 0.25) is 5.88 Å². The highest BCUT2D eigenvalue weighted by Crippen LogP contribution is 2.19. The Balaban J connectivity index is 2.51. The van der Waals surface area contributed by atoms with Gasteiger partial charge in [0.05, 0.1) is 18.3 Å². The number of methoxy groups -OCH3 is 1. The molecule has 6 heteroatoms. The summed E-state index contributed by atoms with van der Waals surface area (Å²) in [6, 6.07) is 3.53. The third-order valence-corrected chi connectivity index (χ3v) is 3.33. The number of pyridine rings is 1. The molecule has 0 aliphatic rings. The number of ether oxygens (including phenoxy) is 1. The monoisotopic (exact) mass is 272 g/mol. The number of aromatic amines is 1. The molecule has 20 heavy (non-hydrogen) atoms. The zero-order valence-corrected chi connectivity index (χ0v) is 11.7. The van der Waals surface area contributed by atoms with Gasteiger partial charge < -0.3 is 9.72 Å². The first kappa shape index (κ1) is 12.7. The second-order valence-electron chi connectivity index (χ2n) is 4.73. The molecule has 0 atom stereocenters. The highest BCUT2D eigenvalue weighted by Gasteiger charge is 2.15. The Morgan fingerprint density at radius 1 is 1.35 bits per heavy atom. The molecule has 0 fully saturated rings. The first-order chi connectivity index (χ1) is 9.65. The van der Waals surface area contributed by atoms with Gasteiger partial charge in [0, 0.05) is 12.5 Å². The van der Waals surface area contributed by atoms with Crippen molar-refractivity contribution in [3.05, 3.63) is 34.0 Å². The summed E-state index contributed by atoms with van der Waals surface area (Å²) in [7, 11) is 1.57. The van der Waals surface area contributed by atoms with Crippen LogP contribution in [0.5, 0.6) is 5.88 Å². The van der Waals surface area contributed by atoms with Crippen molar-refractivity contribution in [1.82, 2.24) is 19.4 Å². The van der Waals surface area contributed by atoms with E-state index in [9.17, 15) is 4.79 Å². The van der Waals surface area contributed by atoms with E-state index < -0.39 is 0 Å². The van der Waals surface area contributed by atoms with Gasteiger partial charge in [-0.25, -0.2) is 4.98 Å². The molecule has 104 valence electrons.